The van der Waals surface area contributed by atoms with Crippen molar-refractivity contribution in [2.75, 3.05) is 13.1 Å². The maximum Gasteiger partial charge on any atom is 0.0589 e. The van der Waals surface area contributed by atoms with E-state index in [2.05, 4.69) is 15.3 Å². The Bertz CT molecular complexity index is 229. The van der Waals surface area contributed by atoms with Gasteiger partial charge < -0.3 is 5.32 Å². The summed E-state index contributed by atoms with van der Waals surface area (Å²) in [6.45, 7) is 2.29. The molecule has 0 aliphatic carbocycles. The van der Waals surface area contributed by atoms with Crippen molar-refractivity contribution in [2.45, 2.75) is 12.8 Å². The van der Waals surface area contributed by atoms with E-state index in [1.54, 1.807) is 12.4 Å². The molecule has 0 bridgehead atoms. The first-order valence-electron chi connectivity index (χ1n) is 4.41. The fraction of sp³-hybridized carbons (Fsp3) is 0.556. The zero-order valence-corrected chi connectivity index (χ0v) is 7.03. The summed E-state index contributed by atoms with van der Waals surface area (Å²) in [4.78, 5) is 8.30. The predicted molar refractivity (Wildman–Crippen MR) is 46.7 cm³/mol. The summed E-state index contributed by atoms with van der Waals surface area (Å²) in [5.74, 6) is 0.765. The Hall–Kier alpha value is -0.960. The third-order valence-electron chi connectivity index (χ3n) is 2.28. The first kappa shape index (κ1) is 7.68. The Morgan fingerprint density at radius 3 is 3.17 bits per heavy atom. The van der Waals surface area contributed by atoms with Crippen LogP contribution in [0.25, 0.3) is 0 Å². The van der Waals surface area contributed by atoms with Gasteiger partial charge in [0.15, 0.2) is 0 Å². The van der Waals surface area contributed by atoms with Crippen LogP contribution in [0.2, 0.25) is 0 Å². The standard InChI is InChI=1S/C9H13N3/c1-2-10-6-8(1)5-9-7-11-3-4-12-9/h3-4,7-8,10H,1-2,5-6H2/t8-/m1/s1. The van der Waals surface area contributed by atoms with Crippen LogP contribution in [0.3, 0.4) is 0 Å². The van der Waals surface area contributed by atoms with Crippen LogP contribution >= 0.6 is 0 Å². The van der Waals surface area contributed by atoms with E-state index >= 15 is 0 Å². The third-order valence-corrected chi connectivity index (χ3v) is 2.28. The van der Waals surface area contributed by atoms with Gasteiger partial charge in [0, 0.05) is 18.6 Å². The molecule has 2 heterocycles. The maximum atomic E-state index is 4.25. The van der Waals surface area contributed by atoms with Crippen molar-refractivity contribution in [3.05, 3.63) is 24.3 Å². The van der Waals surface area contributed by atoms with Crippen LogP contribution in [0.15, 0.2) is 18.6 Å². The Morgan fingerprint density at radius 2 is 2.50 bits per heavy atom. The summed E-state index contributed by atoms with van der Waals surface area (Å²) < 4.78 is 0. The van der Waals surface area contributed by atoms with E-state index in [1.165, 1.54) is 6.42 Å². The van der Waals surface area contributed by atoms with Crippen LogP contribution in [-0.4, -0.2) is 23.1 Å². The van der Waals surface area contributed by atoms with Crippen LogP contribution in [0.4, 0.5) is 0 Å². The lowest BCUT2D eigenvalue weighted by atomic mass is 10.0. The largest absolute Gasteiger partial charge is 0.316 e. The molecule has 12 heavy (non-hydrogen) atoms. The second-order valence-electron chi connectivity index (χ2n) is 3.26. The van der Waals surface area contributed by atoms with E-state index in [0.717, 1.165) is 31.1 Å². The first-order valence-corrected chi connectivity index (χ1v) is 4.41. The smallest absolute Gasteiger partial charge is 0.0589 e. The average molecular weight is 163 g/mol. The molecule has 1 aromatic heterocycles. The van der Waals surface area contributed by atoms with Gasteiger partial charge in [-0.05, 0) is 31.8 Å². The van der Waals surface area contributed by atoms with E-state index in [4.69, 9.17) is 0 Å². The molecule has 64 valence electrons. The molecule has 2 rings (SSSR count). The topological polar surface area (TPSA) is 37.8 Å². The second kappa shape index (κ2) is 3.63. The molecule has 1 N–H and O–H groups in total. The van der Waals surface area contributed by atoms with Gasteiger partial charge in [-0.15, -0.1) is 0 Å². The summed E-state index contributed by atoms with van der Waals surface area (Å²) in [5, 5.41) is 3.34. The highest BCUT2D eigenvalue weighted by molar-refractivity contribution is 4.97. The number of nitrogens with one attached hydrogen (secondary N) is 1. The van der Waals surface area contributed by atoms with Crippen LogP contribution in [0.5, 0.6) is 0 Å². The van der Waals surface area contributed by atoms with Gasteiger partial charge in [-0.25, -0.2) is 0 Å². The molecule has 1 atom stereocenters. The molecule has 0 aromatic carbocycles. The highest BCUT2D eigenvalue weighted by Gasteiger charge is 2.14. The number of hydrogen-bond acceptors (Lipinski definition) is 3. The van der Waals surface area contributed by atoms with Gasteiger partial charge in [0.05, 0.1) is 5.69 Å². The van der Waals surface area contributed by atoms with Crippen molar-refractivity contribution >= 4 is 0 Å². The highest BCUT2D eigenvalue weighted by Crippen LogP contribution is 2.12. The van der Waals surface area contributed by atoms with Crippen LogP contribution in [-0.2, 0) is 6.42 Å². The van der Waals surface area contributed by atoms with E-state index in [9.17, 15) is 0 Å². The van der Waals surface area contributed by atoms with Gasteiger partial charge in [0.2, 0.25) is 0 Å². The van der Waals surface area contributed by atoms with Crippen molar-refractivity contribution in [1.29, 1.82) is 0 Å². The summed E-state index contributed by atoms with van der Waals surface area (Å²) in [6, 6.07) is 0. The van der Waals surface area contributed by atoms with E-state index in [0.29, 0.717) is 0 Å². The number of rotatable bonds is 2. The van der Waals surface area contributed by atoms with E-state index in [-0.39, 0.29) is 0 Å². The van der Waals surface area contributed by atoms with Crippen molar-refractivity contribution in [3.8, 4) is 0 Å². The molecule has 1 aliphatic heterocycles. The molecule has 1 saturated heterocycles. The lowest BCUT2D eigenvalue weighted by molar-refractivity contribution is 0.570. The van der Waals surface area contributed by atoms with Crippen molar-refractivity contribution in [3.63, 3.8) is 0 Å². The maximum absolute atomic E-state index is 4.25. The Morgan fingerprint density at radius 1 is 1.50 bits per heavy atom. The quantitative estimate of drug-likeness (QED) is 0.695. The van der Waals surface area contributed by atoms with Gasteiger partial charge in [-0.1, -0.05) is 0 Å². The lowest BCUT2D eigenvalue weighted by Crippen LogP contribution is -2.11. The van der Waals surface area contributed by atoms with Crippen molar-refractivity contribution in [1.82, 2.24) is 15.3 Å². The van der Waals surface area contributed by atoms with Gasteiger partial charge in [0.25, 0.3) is 0 Å². The molecule has 0 saturated carbocycles. The zero-order valence-electron chi connectivity index (χ0n) is 7.03. The Balaban J connectivity index is 1.94. The molecule has 1 aliphatic rings. The second-order valence-corrected chi connectivity index (χ2v) is 3.26. The molecule has 0 spiro atoms. The molecule has 3 heteroatoms. The minimum atomic E-state index is 0.765. The first-order chi connectivity index (χ1) is 5.95. The molecular formula is C9H13N3. The van der Waals surface area contributed by atoms with Gasteiger partial charge in [0.1, 0.15) is 0 Å². The van der Waals surface area contributed by atoms with Crippen LogP contribution in [0.1, 0.15) is 12.1 Å². The summed E-state index contributed by atoms with van der Waals surface area (Å²) in [6.07, 6.45) is 7.68. The van der Waals surface area contributed by atoms with Crippen molar-refractivity contribution < 1.29 is 0 Å². The van der Waals surface area contributed by atoms with Gasteiger partial charge in [-0.3, -0.25) is 9.97 Å². The Labute approximate surface area is 72.2 Å². The van der Waals surface area contributed by atoms with E-state index < -0.39 is 0 Å². The third kappa shape index (κ3) is 1.80. The molecule has 3 nitrogen and oxygen atoms in total. The Kier molecular flexibility index (Phi) is 2.32. The molecule has 1 fully saturated rings. The van der Waals surface area contributed by atoms with Gasteiger partial charge in [-0.2, -0.15) is 0 Å². The summed E-state index contributed by atoms with van der Waals surface area (Å²) in [7, 11) is 0. The normalized spacial score (nSPS) is 22.8. The zero-order chi connectivity index (χ0) is 8.23. The van der Waals surface area contributed by atoms with Crippen molar-refractivity contribution in [2.24, 2.45) is 5.92 Å². The number of aromatic nitrogens is 2. The van der Waals surface area contributed by atoms with Gasteiger partial charge >= 0.3 is 0 Å². The average Bonchev–Trinajstić information content (AvgIpc) is 2.59. The number of nitrogens with zero attached hydrogens (tertiary/aromatic N) is 2. The molecule has 0 unspecified atom stereocenters. The van der Waals surface area contributed by atoms with Crippen LogP contribution in [0, 0.1) is 5.92 Å². The fourth-order valence-corrected chi connectivity index (χ4v) is 1.62. The fourth-order valence-electron chi connectivity index (χ4n) is 1.62. The summed E-state index contributed by atoms with van der Waals surface area (Å²) in [5.41, 5.74) is 1.12. The minimum absolute atomic E-state index is 0.765. The monoisotopic (exact) mass is 163 g/mol. The molecular weight excluding hydrogens is 150 g/mol. The minimum Gasteiger partial charge on any atom is -0.316 e. The predicted octanol–water partition coefficient (Wildman–Crippen LogP) is 0.629. The van der Waals surface area contributed by atoms with E-state index in [1.807, 2.05) is 6.20 Å². The highest BCUT2D eigenvalue weighted by atomic mass is 14.9. The summed E-state index contributed by atoms with van der Waals surface area (Å²) >= 11 is 0. The van der Waals surface area contributed by atoms with Crippen LogP contribution < -0.4 is 5.32 Å². The SMILES string of the molecule is c1cnc(C[C@H]2CCNC2)cn1. The molecule has 1 aromatic rings. The lowest BCUT2D eigenvalue weighted by Gasteiger charge is -2.05. The molecule has 0 amide bonds. The number of hydrogen-bond donors (Lipinski definition) is 1. The molecule has 0 radical (unpaired) electrons.